The van der Waals surface area contributed by atoms with Crippen LogP contribution in [0.5, 0.6) is 11.5 Å². The predicted molar refractivity (Wildman–Crippen MR) is 83.2 cm³/mol. The maximum atomic E-state index is 12.4. The number of ether oxygens (including phenoxy) is 1. The molecule has 0 saturated carbocycles. The number of nitrogens with zero attached hydrogens (tertiary/aromatic N) is 1. The largest absolute Gasteiger partial charge is 0.508 e. The second-order valence-corrected chi connectivity index (χ2v) is 7.34. The molecule has 1 aromatic carbocycles. The SMILES string of the molecule is CC(C)(C)ON1CCC2(CC(=O)c3cc(O)ccc3O2)CC1O. The zero-order chi connectivity index (χ0) is 16.8. The summed E-state index contributed by atoms with van der Waals surface area (Å²) in [5, 5.41) is 21.5. The van der Waals surface area contributed by atoms with Crippen molar-refractivity contribution < 1.29 is 24.6 Å². The number of hydrogen-bond acceptors (Lipinski definition) is 6. The first-order valence-electron chi connectivity index (χ1n) is 7.87. The predicted octanol–water partition coefficient (Wildman–Crippen LogP) is 2.24. The van der Waals surface area contributed by atoms with Gasteiger partial charge in [-0.15, -0.1) is 0 Å². The molecule has 3 rings (SSSR count). The lowest BCUT2D eigenvalue weighted by Crippen LogP contribution is -2.56. The molecule has 23 heavy (non-hydrogen) atoms. The maximum Gasteiger partial charge on any atom is 0.170 e. The second-order valence-electron chi connectivity index (χ2n) is 7.34. The van der Waals surface area contributed by atoms with Crippen molar-refractivity contribution in [3.63, 3.8) is 0 Å². The maximum absolute atomic E-state index is 12.4. The number of hydrogen-bond donors (Lipinski definition) is 2. The molecule has 1 saturated heterocycles. The van der Waals surface area contributed by atoms with E-state index < -0.39 is 17.4 Å². The van der Waals surface area contributed by atoms with Crippen LogP contribution >= 0.6 is 0 Å². The molecule has 2 aliphatic heterocycles. The van der Waals surface area contributed by atoms with Crippen molar-refractivity contribution in [3.8, 4) is 11.5 Å². The van der Waals surface area contributed by atoms with Crippen LogP contribution in [0.1, 0.15) is 50.4 Å². The number of carbonyl (C=O) groups excluding carboxylic acids is 1. The highest BCUT2D eigenvalue weighted by atomic mass is 16.7. The van der Waals surface area contributed by atoms with Crippen molar-refractivity contribution in [2.45, 2.75) is 57.5 Å². The summed E-state index contributed by atoms with van der Waals surface area (Å²) in [4.78, 5) is 18.2. The van der Waals surface area contributed by atoms with Gasteiger partial charge >= 0.3 is 0 Å². The Bertz CT molecular complexity index is 624. The molecule has 126 valence electrons. The Hall–Kier alpha value is -1.63. The number of carbonyl (C=O) groups is 1. The van der Waals surface area contributed by atoms with E-state index >= 15 is 0 Å². The van der Waals surface area contributed by atoms with Gasteiger partial charge in [0, 0.05) is 19.4 Å². The Morgan fingerprint density at radius 2 is 2.13 bits per heavy atom. The van der Waals surface area contributed by atoms with Gasteiger partial charge in [-0.05, 0) is 39.0 Å². The number of rotatable bonds is 1. The molecule has 2 unspecified atom stereocenters. The number of fused-ring (bicyclic) bond motifs is 1. The summed E-state index contributed by atoms with van der Waals surface area (Å²) in [7, 11) is 0. The number of aliphatic hydroxyl groups is 1. The van der Waals surface area contributed by atoms with Gasteiger partial charge in [-0.3, -0.25) is 9.63 Å². The first-order valence-corrected chi connectivity index (χ1v) is 7.87. The molecular formula is C17H23NO5. The standard InChI is InChI=1S/C17H23NO5/c1-16(2,3)23-18-7-6-17(10-15(18)21)9-13(20)12-8-11(19)4-5-14(12)22-17/h4-5,8,15,19,21H,6-7,9-10H2,1-3H3. The third kappa shape index (κ3) is 3.34. The van der Waals surface area contributed by atoms with Crippen LogP contribution in [0.25, 0.3) is 0 Å². The lowest BCUT2D eigenvalue weighted by Gasteiger charge is -2.46. The Balaban J connectivity index is 1.78. The number of aliphatic hydroxyl groups excluding tert-OH is 1. The first kappa shape index (κ1) is 16.2. The minimum absolute atomic E-state index is 0.0464. The summed E-state index contributed by atoms with van der Waals surface area (Å²) >= 11 is 0. The number of phenols is 1. The Morgan fingerprint density at radius 3 is 2.78 bits per heavy atom. The molecule has 0 radical (unpaired) electrons. The summed E-state index contributed by atoms with van der Waals surface area (Å²) in [5.41, 5.74) is -0.699. The van der Waals surface area contributed by atoms with E-state index in [0.717, 1.165) is 0 Å². The summed E-state index contributed by atoms with van der Waals surface area (Å²) in [6, 6.07) is 4.53. The van der Waals surface area contributed by atoms with Crippen LogP contribution in [-0.2, 0) is 4.84 Å². The number of piperidine rings is 1. The molecule has 2 atom stereocenters. The zero-order valence-electron chi connectivity index (χ0n) is 13.7. The van der Waals surface area contributed by atoms with Crippen LogP contribution in [0, 0.1) is 0 Å². The number of hydroxylamine groups is 2. The highest BCUT2D eigenvalue weighted by Crippen LogP contribution is 2.41. The van der Waals surface area contributed by atoms with Gasteiger partial charge in [0.1, 0.15) is 23.3 Å². The fourth-order valence-corrected chi connectivity index (χ4v) is 3.19. The summed E-state index contributed by atoms with van der Waals surface area (Å²) < 4.78 is 6.06. The van der Waals surface area contributed by atoms with E-state index in [1.54, 1.807) is 11.1 Å². The Kier molecular flexibility index (Phi) is 3.86. The number of aromatic hydroxyl groups is 1. The Labute approximate surface area is 135 Å². The van der Waals surface area contributed by atoms with E-state index in [1.165, 1.54) is 12.1 Å². The number of phenolic OH excluding ortho intramolecular Hbond substituents is 1. The van der Waals surface area contributed by atoms with E-state index in [4.69, 9.17) is 9.57 Å². The number of ketones is 1. The lowest BCUT2D eigenvalue weighted by atomic mass is 9.82. The molecular weight excluding hydrogens is 298 g/mol. The fourth-order valence-electron chi connectivity index (χ4n) is 3.19. The average molecular weight is 321 g/mol. The van der Waals surface area contributed by atoms with Gasteiger partial charge in [0.25, 0.3) is 0 Å². The second kappa shape index (κ2) is 5.47. The average Bonchev–Trinajstić information content (AvgIpc) is 2.42. The van der Waals surface area contributed by atoms with Crippen LogP contribution < -0.4 is 4.74 Å². The molecule has 6 nitrogen and oxygen atoms in total. The molecule has 0 amide bonds. The van der Waals surface area contributed by atoms with E-state index in [9.17, 15) is 15.0 Å². The molecule has 6 heteroatoms. The first-order chi connectivity index (χ1) is 10.7. The van der Waals surface area contributed by atoms with Gasteiger partial charge < -0.3 is 14.9 Å². The van der Waals surface area contributed by atoms with Crippen LogP contribution in [0.2, 0.25) is 0 Å². The van der Waals surface area contributed by atoms with Crippen molar-refractivity contribution in [1.29, 1.82) is 0 Å². The van der Waals surface area contributed by atoms with Gasteiger partial charge in [-0.2, -0.15) is 5.06 Å². The van der Waals surface area contributed by atoms with E-state index in [2.05, 4.69) is 0 Å². The highest BCUT2D eigenvalue weighted by molar-refractivity contribution is 6.00. The molecule has 0 aliphatic carbocycles. The van der Waals surface area contributed by atoms with Gasteiger partial charge in [-0.25, -0.2) is 0 Å². The summed E-state index contributed by atoms with van der Waals surface area (Å²) in [6.45, 7) is 6.26. The van der Waals surface area contributed by atoms with Crippen LogP contribution in [0.15, 0.2) is 18.2 Å². The smallest absolute Gasteiger partial charge is 0.170 e. The van der Waals surface area contributed by atoms with Crippen LogP contribution in [0.3, 0.4) is 0 Å². The molecule has 2 aliphatic rings. The Morgan fingerprint density at radius 1 is 1.39 bits per heavy atom. The van der Waals surface area contributed by atoms with Gasteiger partial charge in [0.2, 0.25) is 0 Å². The van der Waals surface area contributed by atoms with Crippen LogP contribution in [-0.4, -0.2) is 45.0 Å². The zero-order valence-corrected chi connectivity index (χ0v) is 13.7. The van der Waals surface area contributed by atoms with Crippen LogP contribution in [0.4, 0.5) is 0 Å². The van der Waals surface area contributed by atoms with Crippen molar-refractivity contribution in [2.75, 3.05) is 6.54 Å². The molecule has 1 spiro atoms. The van der Waals surface area contributed by atoms with Gasteiger partial charge in [0.05, 0.1) is 17.6 Å². The summed E-state index contributed by atoms with van der Waals surface area (Å²) in [5.74, 6) is 0.445. The number of benzene rings is 1. The molecule has 1 aromatic rings. The minimum atomic E-state index is -0.825. The van der Waals surface area contributed by atoms with Gasteiger partial charge in [-0.1, -0.05) is 0 Å². The molecule has 1 fully saturated rings. The van der Waals surface area contributed by atoms with Crippen molar-refractivity contribution in [1.82, 2.24) is 5.06 Å². The van der Waals surface area contributed by atoms with Crippen molar-refractivity contribution in [3.05, 3.63) is 23.8 Å². The molecule has 2 N–H and O–H groups in total. The summed E-state index contributed by atoms with van der Waals surface area (Å²) in [6.07, 6.45) is 0.264. The normalized spacial score (nSPS) is 28.5. The third-order valence-corrected chi connectivity index (χ3v) is 4.14. The van der Waals surface area contributed by atoms with E-state index in [-0.39, 0.29) is 18.0 Å². The topological polar surface area (TPSA) is 79.2 Å². The highest BCUT2D eigenvalue weighted by Gasteiger charge is 2.47. The van der Waals surface area contributed by atoms with Gasteiger partial charge in [0.15, 0.2) is 5.78 Å². The van der Waals surface area contributed by atoms with E-state index in [0.29, 0.717) is 30.7 Å². The molecule has 0 bridgehead atoms. The minimum Gasteiger partial charge on any atom is -0.508 e. The monoisotopic (exact) mass is 321 g/mol. The fraction of sp³-hybridized carbons (Fsp3) is 0.588. The van der Waals surface area contributed by atoms with Crippen molar-refractivity contribution >= 4 is 5.78 Å². The molecule has 2 heterocycles. The number of Topliss-reactive ketones (excluding diaryl/α,β-unsaturated/α-hetero) is 1. The lowest BCUT2D eigenvalue weighted by molar-refractivity contribution is -0.311. The van der Waals surface area contributed by atoms with E-state index in [1.807, 2.05) is 20.8 Å². The van der Waals surface area contributed by atoms with Crippen molar-refractivity contribution in [2.24, 2.45) is 0 Å². The quantitative estimate of drug-likeness (QED) is 0.826. The third-order valence-electron chi connectivity index (χ3n) is 4.14. The molecule has 0 aromatic heterocycles.